The Kier molecular flexibility index (Phi) is 6.07. The molecule has 1 N–H and O–H groups in total. The molecule has 0 unspecified atom stereocenters. The van der Waals surface area contributed by atoms with Crippen LogP contribution in [0.1, 0.15) is 15.9 Å². The second kappa shape index (κ2) is 8.92. The zero-order chi connectivity index (χ0) is 22.0. The number of hydrogen-bond acceptors (Lipinski definition) is 3. The Balaban J connectivity index is 1.95. The van der Waals surface area contributed by atoms with Crippen LogP contribution >= 0.6 is 27.5 Å². The molecule has 4 nitrogen and oxygen atoms in total. The van der Waals surface area contributed by atoms with Crippen LogP contribution in [-0.2, 0) is 0 Å². The summed E-state index contributed by atoms with van der Waals surface area (Å²) in [7, 11) is 1.57. The van der Waals surface area contributed by atoms with Gasteiger partial charge in [0.15, 0.2) is 5.78 Å². The van der Waals surface area contributed by atoms with E-state index in [0.29, 0.717) is 27.4 Å². The third kappa shape index (κ3) is 4.20. The Hall–Kier alpha value is -3.15. The van der Waals surface area contributed by atoms with E-state index in [9.17, 15) is 9.59 Å². The molecule has 0 atom stereocenters. The lowest BCUT2D eigenvalue weighted by atomic mass is 9.93. The van der Waals surface area contributed by atoms with Crippen molar-refractivity contribution in [2.75, 3.05) is 7.11 Å². The van der Waals surface area contributed by atoms with Crippen LogP contribution in [0.5, 0.6) is 5.75 Å². The topological polar surface area (TPSA) is 59.2 Å². The molecule has 0 amide bonds. The summed E-state index contributed by atoms with van der Waals surface area (Å²) in [6.07, 6.45) is 3.02. The zero-order valence-corrected chi connectivity index (χ0v) is 18.8. The second-order valence-corrected chi connectivity index (χ2v) is 8.14. The molecule has 0 aliphatic rings. The van der Waals surface area contributed by atoms with Crippen LogP contribution < -0.4 is 10.3 Å². The fourth-order valence-electron chi connectivity index (χ4n) is 3.50. The van der Waals surface area contributed by atoms with Crippen molar-refractivity contribution in [1.29, 1.82) is 0 Å². The Labute approximate surface area is 192 Å². The largest absolute Gasteiger partial charge is 0.496 e. The van der Waals surface area contributed by atoms with Gasteiger partial charge < -0.3 is 9.72 Å². The highest BCUT2D eigenvalue weighted by Gasteiger charge is 2.21. The first-order valence-electron chi connectivity index (χ1n) is 9.45. The molecule has 3 aromatic carbocycles. The Morgan fingerprint density at radius 3 is 2.58 bits per heavy atom. The first-order chi connectivity index (χ1) is 15.0. The molecule has 1 heterocycles. The normalized spacial score (nSPS) is 11.2. The number of carbonyl (C=O) groups is 1. The number of nitrogens with one attached hydrogen (secondary N) is 1. The monoisotopic (exact) mass is 493 g/mol. The summed E-state index contributed by atoms with van der Waals surface area (Å²) in [6.45, 7) is 0. The Morgan fingerprint density at radius 1 is 1.06 bits per heavy atom. The molecule has 0 aliphatic heterocycles. The molecule has 154 valence electrons. The van der Waals surface area contributed by atoms with Crippen LogP contribution in [0.4, 0.5) is 0 Å². The number of fused-ring (bicyclic) bond motifs is 1. The van der Waals surface area contributed by atoms with Gasteiger partial charge in [-0.1, -0.05) is 63.9 Å². The summed E-state index contributed by atoms with van der Waals surface area (Å²) >= 11 is 9.95. The van der Waals surface area contributed by atoms with Crippen molar-refractivity contribution in [3.63, 3.8) is 0 Å². The maximum Gasteiger partial charge on any atom is 0.260 e. The number of allylic oxidation sites excluding steroid dienone is 1. The number of ketones is 1. The minimum atomic E-state index is -0.473. The summed E-state index contributed by atoms with van der Waals surface area (Å²) in [4.78, 5) is 29.1. The van der Waals surface area contributed by atoms with Gasteiger partial charge in [-0.3, -0.25) is 9.59 Å². The highest BCUT2D eigenvalue weighted by molar-refractivity contribution is 9.10. The minimum absolute atomic E-state index is 0.0323. The summed E-state index contributed by atoms with van der Waals surface area (Å²) in [6, 6.07) is 20.0. The van der Waals surface area contributed by atoms with E-state index in [4.69, 9.17) is 16.3 Å². The molecule has 0 saturated carbocycles. The number of para-hydroxylation sites is 1. The van der Waals surface area contributed by atoms with Gasteiger partial charge in [0, 0.05) is 37.1 Å². The highest BCUT2D eigenvalue weighted by Crippen LogP contribution is 2.36. The van der Waals surface area contributed by atoms with Crippen LogP contribution in [0.3, 0.4) is 0 Å². The number of aromatic amines is 1. The maximum absolute atomic E-state index is 13.3. The number of rotatable bonds is 5. The number of carbonyl (C=O) groups excluding carboxylic acids is 1. The standard InChI is InChI=1S/C25H17BrClNO3/c1-31-22-9-5-2-6-15(22)10-13-21(29)24-23(17-7-3-4-8-19(17)27)18-14-16(26)11-12-20(18)28-25(24)30/h2-14H,1H3,(H,28,30)/b13-10+. The average molecular weight is 495 g/mol. The summed E-state index contributed by atoms with van der Waals surface area (Å²) in [5.74, 6) is 0.207. The third-order valence-electron chi connectivity index (χ3n) is 4.92. The van der Waals surface area contributed by atoms with Crippen molar-refractivity contribution in [3.8, 4) is 16.9 Å². The summed E-state index contributed by atoms with van der Waals surface area (Å²) in [5, 5.41) is 1.17. The molecule has 0 aliphatic carbocycles. The number of halogens is 2. The first kappa shape index (κ1) is 21.1. The van der Waals surface area contributed by atoms with E-state index < -0.39 is 11.3 Å². The van der Waals surface area contributed by atoms with E-state index in [2.05, 4.69) is 20.9 Å². The lowest BCUT2D eigenvalue weighted by molar-refractivity contribution is 0.104. The molecule has 0 spiro atoms. The molecule has 6 heteroatoms. The van der Waals surface area contributed by atoms with Crippen LogP contribution in [0.2, 0.25) is 5.02 Å². The van der Waals surface area contributed by atoms with Gasteiger partial charge in [0.2, 0.25) is 0 Å². The number of H-pyrrole nitrogens is 1. The van der Waals surface area contributed by atoms with E-state index in [0.717, 1.165) is 15.4 Å². The number of aromatic nitrogens is 1. The second-order valence-electron chi connectivity index (χ2n) is 6.81. The molecule has 1 aromatic heterocycles. The van der Waals surface area contributed by atoms with Crippen molar-refractivity contribution in [1.82, 2.24) is 4.98 Å². The number of benzene rings is 3. The van der Waals surface area contributed by atoms with Crippen LogP contribution in [0, 0.1) is 0 Å². The zero-order valence-electron chi connectivity index (χ0n) is 16.5. The van der Waals surface area contributed by atoms with Crippen LogP contribution in [0.15, 0.2) is 82.1 Å². The molecular formula is C25H17BrClNO3. The molecule has 0 radical (unpaired) electrons. The minimum Gasteiger partial charge on any atom is -0.496 e. The number of ether oxygens (including phenoxy) is 1. The molecule has 4 rings (SSSR count). The smallest absolute Gasteiger partial charge is 0.260 e. The summed E-state index contributed by atoms with van der Waals surface area (Å²) in [5.41, 5.74) is 2.03. The lowest BCUT2D eigenvalue weighted by Crippen LogP contribution is -2.18. The van der Waals surface area contributed by atoms with Gasteiger partial charge in [0.1, 0.15) is 5.75 Å². The molecule has 0 bridgehead atoms. The maximum atomic E-state index is 13.3. The van der Waals surface area contributed by atoms with E-state index >= 15 is 0 Å². The van der Waals surface area contributed by atoms with Crippen molar-refractivity contribution in [3.05, 3.63) is 104 Å². The van der Waals surface area contributed by atoms with Crippen molar-refractivity contribution < 1.29 is 9.53 Å². The van der Waals surface area contributed by atoms with Gasteiger partial charge >= 0.3 is 0 Å². The fraction of sp³-hybridized carbons (Fsp3) is 0.0400. The Bertz CT molecular complexity index is 1390. The predicted octanol–water partition coefficient (Wildman–Crippen LogP) is 6.52. The number of methoxy groups -OCH3 is 1. The van der Waals surface area contributed by atoms with Crippen LogP contribution in [0.25, 0.3) is 28.1 Å². The quantitative estimate of drug-likeness (QED) is 0.254. The van der Waals surface area contributed by atoms with Gasteiger partial charge in [-0.05, 0) is 42.5 Å². The van der Waals surface area contributed by atoms with E-state index in [-0.39, 0.29) is 5.56 Å². The summed E-state index contributed by atoms with van der Waals surface area (Å²) < 4.78 is 6.16. The number of hydrogen-bond donors (Lipinski definition) is 1. The molecular weight excluding hydrogens is 478 g/mol. The van der Waals surface area contributed by atoms with Crippen molar-refractivity contribution in [2.24, 2.45) is 0 Å². The van der Waals surface area contributed by atoms with Gasteiger partial charge in [-0.25, -0.2) is 0 Å². The molecule has 31 heavy (non-hydrogen) atoms. The van der Waals surface area contributed by atoms with Crippen LogP contribution in [-0.4, -0.2) is 17.9 Å². The van der Waals surface area contributed by atoms with Gasteiger partial charge in [0.05, 0.1) is 12.7 Å². The fourth-order valence-corrected chi connectivity index (χ4v) is 4.09. The predicted molar refractivity (Wildman–Crippen MR) is 129 cm³/mol. The van der Waals surface area contributed by atoms with Crippen molar-refractivity contribution >= 4 is 50.3 Å². The SMILES string of the molecule is COc1ccccc1/C=C/C(=O)c1c(-c2ccccc2Cl)c2cc(Br)ccc2[nH]c1=O. The van der Waals surface area contributed by atoms with Crippen molar-refractivity contribution in [2.45, 2.75) is 0 Å². The molecule has 0 fully saturated rings. The van der Waals surface area contributed by atoms with Gasteiger partial charge in [-0.2, -0.15) is 0 Å². The van der Waals surface area contributed by atoms with E-state index in [1.54, 1.807) is 43.5 Å². The first-order valence-corrected chi connectivity index (χ1v) is 10.6. The Morgan fingerprint density at radius 2 is 1.81 bits per heavy atom. The van der Waals surface area contributed by atoms with Gasteiger partial charge in [-0.15, -0.1) is 0 Å². The van der Waals surface area contributed by atoms with Gasteiger partial charge in [0.25, 0.3) is 5.56 Å². The lowest BCUT2D eigenvalue weighted by Gasteiger charge is -2.13. The molecule has 4 aromatic rings. The van der Waals surface area contributed by atoms with E-state index in [1.165, 1.54) is 6.08 Å². The van der Waals surface area contributed by atoms with E-state index in [1.807, 2.05) is 36.4 Å². The highest BCUT2D eigenvalue weighted by atomic mass is 79.9. The number of pyridine rings is 1. The molecule has 0 saturated heterocycles. The third-order valence-corrected chi connectivity index (χ3v) is 5.74. The average Bonchev–Trinajstić information content (AvgIpc) is 2.77.